The first-order valence-corrected chi connectivity index (χ1v) is 12.0. The maximum absolute atomic E-state index is 12.2. The SMILES string of the molecule is CC(Br)C(=O)OC1(c2ccc([S+](c3ccccc3)c3ccccc3)cc2)CCC1. The van der Waals surface area contributed by atoms with Gasteiger partial charge in [0.2, 0.25) is 0 Å². The first kappa shape index (κ1) is 20.2. The molecule has 4 heteroatoms. The summed E-state index contributed by atoms with van der Waals surface area (Å²) in [5, 5.41) is 0. The molecule has 1 aliphatic rings. The highest BCUT2D eigenvalue weighted by atomic mass is 79.9. The van der Waals surface area contributed by atoms with Gasteiger partial charge in [0.05, 0.1) is 10.9 Å². The molecule has 1 aliphatic carbocycles. The van der Waals surface area contributed by atoms with Crippen LogP contribution in [0.4, 0.5) is 0 Å². The van der Waals surface area contributed by atoms with E-state index in [9.17, 15) is 4.79 Å². The standard InChI is InChI=1S/C25H24BrO2S/c1-19(26)24(27)28-25(17-8-18-25)20-13-15-23(16-14-20)29(21-9-4-2-5-10-21)22-11-6-3-7-12-22/h2-7,9-16,19H,8,17-18H2,1H3/q+1. The van der Waals surface area contributed by atoms with Gasteiger partial charge in [-0.15, -0.1) is 0 Å². The summed E-state index contributed by atoms with van der Waals surface area (Å²) < 4.78 is 5.91. The Morgan fingerprint density at radius 1 is 0.862 bits per heavy atom. The second-order valence-electron chi connectivity index (χ2n) is 7.34. The maximum Gasteiger partial charge on any atom is 0.320 e. The molecule has 1 unspecified atom stereocenters. The van der Waals surface area contributed by atoms with E-state index >= 15 is 0 Å². The number of rotatable bonds is 6. The zero-order valence-corrected chi connectivity index (χ0v) is 18.8. The van der Waals surface area contributed by atoms with Crippen molar-refractivity contribution in [3.63, 3.8) is 0 Å². The number of halogens is 1. The van der Waals surface area contributed by atoms with Crippen LogP contribution in [-0.2, 0) is 26.0 Å². The summed E-state index contributed by atoms with van der Waals surface area (Å²) in [4.78, 5) is 15.8. The zero-order chi connectivity index (χ0) is 20.3. The summed E-state index contributed by atoms with van der Waals surface area (Å²) >= 11 is 3.33. The Hall–Kier alpha value is -2.04. The van der Waals surface area contributed by atoms with E-state index in [1.807, 2.05) is 6.92 Å². The van der Waals surface area contributed by atoms with Crippen molar-refractivity contribution >= 4 is 32.8 Å². The molecule has 0 aliphatic heterocycles. The molecule has 0 bridgehead atoms. The van der Waals surface area contributed by atoms with E-state index in [0.717, 1.165) is 24.8 Å². The van der Waals surface area contributed by atoms with Crippen LogP contribution in [-0.4, -0.2) is 10.8 Å². The summed E-state index contributed by atoms with van der Waals surface area (Å²) in [6.45, 7) is 1.81. The normalized spacial score (nSPS) is 16.1. The van der Waals surface area contributed by atoms with Gasteiger partial charge in [0.1, 0.15) is 10.4 Å². The van der Waals surface area contributed by atoms with Crippen molar-refractivity contribution in [2.75, 3.05) is 0 Å². The van der Waals surface area contributed by atoms with Crippen molar-refractivity contribution in [2.45, 2.75) is 51.3 Å². The van der Waals surface area contributed by atoms with Gasteiger partial charge < -0.3 is 4.74 Å². The second kappa shape index (κ2) is 8.76. The molecule has 0 spiro atoms. The predicted molar refractivity (Wildman–Crippen MR) is 121 cm³/mol. The van der Waals surface area contributed by atoms with Crippen LogP contribution in [0.2, 0.25) is 0 Å². The van der Waals surface area contributed by atoms with Gasteiger partial charge in [-0.25, -0.2) is 0 Å². The molecule has 2 nitrogen and oxygen atoms in total. The number of esters is 1. The number of hydrogen-bond acceptors (Lipinski definition) is 2. The molecule has 1 fully saturated rings. The van der Waals surface area contributed by atoms with Gasteiger partial charge >= 0.3 is 5.97 Å². The number of carbonyl (C=O) groups excluding carboxylic acids is 1. The van der Waals surface area contributed by atoms with E-state index in [2.05, 4.69) is 101 Å². The Balaban J connectivity index is 1.67. The highest BCUT2D eigenvalue weighted by Gasteiger charge is 2.43. The van der Waals surface area contributed by atoms with Crippen molar-refractivity contribution in [2.24, 2.45) is 0 Å². The van der Waals surface area contributed by atoms with Gasteiger partial charge in [0.15, 0.2) is 14.7 Å². The van der Waals surface area contributed by atoms with Crippen LogP contribution in [0.1, 0.15) is 31.7 Å². The van der Waals surface area contributed by atoms with Gasteiger partial charge in [-0.3, -0.25) is 4.79 Å². The van der Waals surface area contributed by atoms with E-state index in [0.29, 0.717) is 0 Å². The Morgan fingerprint density at radius 2 is 1.34 bits per heavy atom. The molecule has 1 saturated carbocycles. The van der Waals surface area contributed by atoms with Crippen molar-refractivity contribution in [1.82, 2.24) is 0 Å². The number of carbonyl (C=O) groups is 1. The zero-order valence-electron chi connectivity index (χ0n) is 16.4. The highest BCUT2D eigenvalue weighted by Crippen LogP contribution is 2.45. The Labute approximate surface area is 183 Å². The Morgan fingerprint density at radius 3 is 1.76 bits per heavy atom. The summed E-state index contributed by atoms with van der Waals surface area (Å²) in [5.74, 6) is -0.193. The molecule has 3 aromatic carbocycles. The fraction of sp³-hybridized carbons (Fsp3) is 0.240. The molecule has 29 heavy (non-hydrogen) atoms. The Kier molecular flexibility index (Phi) is 6.12. The molecular formula is C25H24BrO2S+. The number of hydrogen-bond donors (Lipinski definition) is 0. The average Bonchev–Trinajstić information content (AvgIpc) is 2.73. The third-order valence-electron chi connectivity index (χ3n) is 5.36. The van der Waals surface area contributed by atoms with Crippen molar-refractivity contribution in [1.29, 1.82) is 0 Å². The number of ether oxygens (including phenoxy) is 1. The molecule has 0 radical (unpaired) electrons. The molecular weight excluding hydrogens is 444 g/mol. The molecule has 1 atom stereocenters. The van der Waals surface area contributed by atoms with E-state index in [1.165, 1.54) is 14.7 Å². The van der Waals surface area contributed by atoms with Gasteiger partial charge in [0, 0.05) is 0 Å². The van der Waals surface area contributed by atoms with Crippen LogP contribution in [0.25, 0.3) is 0 Å². The van der Waals surface area contributed by atoms with Gasteiger partial charge in [-0.1, -0.05) is 64.5 Å². The van der Waals surface area contributed by atoms with E-state index < -0.39 is 5.60 Å². The third kappa shape index (κ3) is 4.29. The molecule has 0 saturated heterocycles. The van der Waals surface area contributed by atoms with E-state index in [4.69, 9.17) is 4.74 Å². The van der Waals surface area contributed by atoms with Crippen LogP contribution in [0.5, 0.6) is 0 Å². The molecule has 3 aromatic rings. The molecule has 4 rings (SSSR count). The molecule has 0 aromatic heterocycles. The van der Waals surface area contributed by atoms with Crippen molar-refractivity contribution < 1.29 is 9.53 Å². The van der Waals surface area contributed by atoms with Gasteiger partial charge in [-0.2, -0.15) is 0 Å². The lowest BCUT2D eigenvalue weighted by molar-refractivity contribution is -0.170. The topological polar surface area (TPSA) is 26.3 Å². The van der Waals surface area contributed by atoms with Gasteiger partial charge in [-0.05, 0) is 68.1 Å². The monoisotopic (exact) mass is 467 g/mol. The fourth-order valence-corrected chi connectivity index (χ4v) is 5.81. The summed E-state index contributed by atoms with van der Waals surface area (Å²) in [7, 11) is -0.167. The van der Waals surface area contributed by atoms with Crippen molar-refractivity contribution in [3.05, 3.63) is 90.5 Å². The first-order valence-electron chi connectivity index (χ1n) is 9.91. The lowest BCUT2D eigenvalue weighted by Crippen LogP contribution is -2.40. The minimum absolute atomic E-state index is 0.167. The lowest BCUT2D eigenvalue weighted by atomic mass is 9.75. The Bertz CT molecular complexity index is 912. The van der Waals surface area contributed by atoms with Crippen LogP contribution in [0, 0.1) is 0 Å². The summed E-state index contributed by atoms with van der Waals surface area (Å²) in [6.07, 6.45) is 2.87. The lowest BCUT2D eigenvalue weighted by Gasteiger charge is -2.41. The molecule has 0 heterocycles. The fourth-order valence-electron chi connectivity index (χ4n) is 3.64. The second-order valence-corrected chi connectivity index (χ2v) is 10.7. The quantitative estimate of drug-likeness (QED) is 0.235. The molecule has 148 valence electrons. The smallest absolute Gasteiger partial charge is 0.320 e. The maximum atomic E-state index is 12.2. The minimum Gasteiger partial charge on any atom is -0.453 e. The largest absolute Gasteiger partial charge is 0.453 e. The van der Waals surface area contributed by atoms with Crippen molar-refractivity contribution in [3.8, 4) is 0 Å². The van der Waals surface area contributed by atoms with Crippen LogP contribution < -0.4 is 0 Å². The number of alkyl halides is 1. The summed E-state index contributed by atoms with van der Waals surface area (Å²) in [5.41, 5.74) is 0.633. The number of benzene rings is 3. The molecule has 0 N–H and O–H groups in total. The average molecular weight is 468 g/mol. The van der Waals surface area contributed by atoms with E-state index in [1.54, 1.807) is 0 Å². The van der Waals surface area contributed by atoms with Gasteiger partial charge in [0.25, 0.3) is 0 Å². The first-order chi connectivity index (χ1) is 14.1. The van der Waals surface area contributed by atoms with Crippen LogP contribution in [0.3, 0.4) is 0 Å². The highest BCUT2D eigenvalue weighted by molar-refractivity contribution is 9.10. The van der Waals surface area contributed by atoms with Crippen LogP contribution >= 0.6 is 15.9 Å². The third-order valence-corrected chi connectivity index (χ3v) is 7.96. The predicted octanol–water partition coefficient (Wildman–Crippen LogP) is 6.49. The van der Waals surface area contributed by atoms with Crippen LogP contribution in [0.15, 0.2) is 99.6 Å². The molecule has 0 amide bonds. The minimum atomic E-state index is -0.463. The summed E-state index contributed by atoms with van der Waals surface area (Å²) in [6, 6.07) is 29.9. The van der Waals surface area contributed by atoms with E-state index in [-0.39, 0.29) is 21.7 Å².